The Morgan fingerprint density at radius 2 is 1.00 bits per heavy atom. The van der Waals surface area contributed by atoms with Crippen LogP contribution in [0, 0.1) is 20.5 Å². The zero-order chi connectivity index (χ0) is 16.9. The topological polar surface area (TPSA) is 157 Å². The maximum absolute atomic E-state index is 10.7. The lowest BCUT2D eigenvalue weighted by Crippen LogP contribution is -2.61. The van der Waals surface area contributed by atoms with Gasteiger partial charge in [-0.1, -0.05) is 13.8 Å². The van der Waals surface area contributed by atoms with E-state index in [1.807, 2.05) is 0 Å². The molecular formula is C9H22Cl2O8S2. The van der Waals surface area contributed by atoms with Crippen LogP contribution in [0.15, 0.2) is 0 Å². The second kappa shape index (κ2) is 8.18. The molecule has 0 amide bonds. The third-order valence-corrected chi connectivity index (χ3v) is 11.2. The Morgan fingerprint density at radius 1 is 0.714 bits per heavy atom. The summed E-state index contributed by atoms with van der Waals surface area (Å²) >= 11 is 0. The predicted molar refractivity (Wildman–Crippen MR) is 64.6 cm³/mol. The minimum absolute atomic E-state index is 0.305. The van der Waals surface area contributed by atoms with Gasteiger partial charge >= 0.3 is 0 Å². The van der Waals surface area contributed by atoms with Crippen molar-refractivity contribution in [1.82, 2.24) is 0 Å². The van der Waals surface area contributed by atoms with Gasteiger partial charge in [-0.2, -0.15) is 28.0 Å². The van der Waals surface area contributed by atoms with Gasteiger partial charge in [0.2, 0.25) is 0 Å². The van der Waals surface area contributed by atoms with Gasteiger partial charge in [-0.25, -0.2) is 0 Å². The maximum atomic E-state index is 10.7. The quantitative estimate of drug-likeness (QED) is 0.363. The molecule has 0 fully saturated rings. The molecule has 0 aliphatic rings. The van der Waals surface area contributed by atoms with E-state index in [4.69, 9.17) is 0 Å². The Morgan fingerprint density at radius 3 is 1.19 bits per heavy atom. The molecule has 2 unspecified atom stereocenters. The van der Waals surface area contributed by atoms with E-state index in [0.29, 0.717) is 29.4 Å². The average molecular weight is 393 g/mol. The summed E-state index contributed by atoms with van der Waals surface area (Å²) in [6.07, 6.45) is 3.53. The van der Waals surface area contributed by atoms with Crippen molar-refractivity contribution in [2.24, 2.45) is 0 Å². The maximum Gasteiger partial charge on any atom is 0.121 e. The van der Waals surface area contributed by atoms with Gasteiger partial charge in [0.1, 0.15) is 7.47 Å². The molecule has 8 nitrogen and oxygen atoms in total. The molecule has 0 aromatic rings. The molecule has 0 spiro atoms. The fourth-order valence-corrected chi connectivity index (χ4v) is 7.95. The molecule has 0 aliphatic heterocycles. The predicted octanol–water partition coefficient (Wildman–Crippen LogP) is -4.06. The van der Waals surface area contributed by atoms with E-state index < -0.39 is 41.1 Å². The van der Waals surface area contributed by atoms with Gasteiger partial charge in [0.05, 0.1) is 20.5 Å². The van der Waals surface area contributed by atoms with E-state index >= 15 is 0 Å². The van der Waals surface area contributed by atoms with Crippen LogP contribution in [0.25, 0.3) is 0 Å². The number of hydrogen-bond acceptors (Lipinski definition) is 8. The number of halogens is 2. The molecule has 0 radical (unpaired) electrons. The van der Waals surface area contributed by atoms with Crippen LogP contribution in [0.1, 0.15) is 20.3 Å². The number of rotatable bonds is 10. The second-order valence-electron chi connectivity index (χ2n) is 4.59. The third-order valence-electron chi connectivity index (χ3n) is 2.83. The molecule has 0 rings (SSSR count). The molecule has 0 bridgehead atoms. The summed E-state index contributed by atoms with van der Waals surface area (Å²) in [7, 11) is -13.2. The van der Waals surface area contributed by atoms with Crippen molar-refractivity contribution in [3.8, 4) is 0 Å². The summed E-state index contributed by atoms with van der Waals surface area (Å²) in [5.41, 5.74) is 0. The lowest BCUT2D eigenvalue weighted by Gasteiger charge is -2.32. The average Bonchev–Trinajstić information content (AvgIpc) is 2.24. The summed E-state index contributed by atoms with van der Waals surface area (Å²) in [6.45, 7) is 3.41. The highest BCUT2D eigenvalue weighted by Gasteiger charge is 2.38. The van der Waals surface area contributed by atoms with Gasteiger partial charge in [-0.15, -0.1) is 0 Å². The molecule has 0 heterocycles. The van der Waals surface area contributed by atoms with E-state index in [0.717, 1.165) is 0 Å². The first-order valence-corrected chi connectivity index (χ1v) is 13.0. The fraction of sp³-hybridized carbons (Fsp3) is 1.00. The van der Waals surface area contributed by atoms with Crippen molar-refractivity contribution >= 4 is 20.6 Å². The van der Waals surface area contributed by atoms with Crippen molar-refractivity contribution < 1.29 is 55.9 Å². The summed E-state index contributed by atoms with van der Waals surface area (Å²) in [5.74, 6) is 1.36. The Kier molecular flexibility index (Phi) is 8.55. The molecule has 0 saturated heterocycles. The van der Waals surface area contributed by atoms with Crippen molar-refractivity contribution in [3.63, 3.8) is 0 Å². The van der Waals surface area contributed by atoms with Crippen molar-refractivity contribution in [3.05, 3.63) is 0 Å². The van der Waals surface area contributed by atoms with Gasteiger partial charge in [0.15, 0.2) is 0 Å². The van der Waals surface area contributed by atoms with Crippen LogP contribution in [0.2, 0.25) is 0 Å². The van der Waals surface area contributed by atoms with Gasteiger partial charge in [0, 0.05) is 56.1 Å². The first-order chi connectivity index (χ1) is 9.24. The molecule has 2 atom stereocenters. The zero-order valence-corrected chi connectivity index (χ0v) is 15.5. The zero-order valence-electron chi connectivity index (χ0n) is 12.4. The summed E-state index contributed by atoms with van der Waals surface area (Å²) in [5, 5.41) is 0. The van der Waals surface area contributed by atoms with Crippen LogP contribution in [0.3, 0.4) is 0 Å². The van der Waals surface area contributed by atoms with Gasteiger partial charge in [-0.05, 0) is 6.42 Å². The van der Waals surface area contributed by atoms with Crippen LogP contribution in [0.4, 0.5) is 0 Å². The second-order valence-corrected chi connectivity index (χ2v) is 13.8. The Bertz CT molecular complexity index is 294. The minimum atomic E-state index is -4.50. The van der Waals surface area contributed by atoms with Crippen LogP contribution < -0.4 is 28.0 Å². The summed E-state index contributed by atoms with van der Waals surface area (Å²) in [6, 6.07) is 0. The van der Waals surface area contributed by atoms with Crippen molar-refractivity contribution in [2.45, 2.75) is 20.3 Å². The molecule has 0 N–H and O–H groups in total. The highest BCUT2D eigenvalue weighted by Crippen LogP contribution is 2.51. The van der Waals surface area contributed by atoms with E-state index in [9.17, 15) is 28.0 Å². The normalized spacial score (nSPS) is 22.2. The first kappa shape index (κ1) is 22.0. The molecule has 21 heavy (non-hydrogen) atoms. The lowest BCUT2D eigenvalue weighted by molar-refractivity contribution is -1.91. The monoisotopic (exact) mass is 392 g/mol. The number of hydrogen-bond donors (Lipinski definition) is 0. The van der Waals surface area contributed by atoms with Crippen LogP contribution in [-0.4, -0.2) is 35.5 Å². The molecule has 0 saturated carbocycles. The van der Waals surface area contributed by atoms with Gasteiger partial charge < -0.3 is 0 Å². The van der Waals surface area contributed by atoms with E-state index in [2.05, 4.69) is 7.47 Å². The SMILES string of the molecule is CCS(C)(CCCS(C)(CC)O[Cl+3]([O-])([O-])[O-])O[Cl+3]([O-])([O-])[O-]. The molecule has 0 aromatic heterocycles. The third kappa shape index (κ3) is 10.4. The largest absolute Gasteiger partial charge is 0.182 e. The van der Waals surface area contributed by atoms with Crippen LogP contribution in [0.5, 0.6) is 0 Å². The highest BCUT2D eigenvalue weighted by atomic mass is 35.7. The van der Waals surface area contributed by atoms with Gasteiger partial charge in [0.25, 0.3) is 0 Å². The molecule has 132 valence electrons. The smallest absolute Gasteiger partial charge is 0.121 e. The van der Waals surface area contributed by atoms with Gasteiger partial charge in [-0.3, -0.25) is 0 Å². The lowest BCUT2D eigenvalue weighted by atomic mass is 10.6. The van der Waals surface area contributed by atoms with Crippen molar-refractivity contribution in [2.75, 3.05) is 35.5 Å². The summed E-state index contributed by atoms with van der Waals surface area (Å²) in [4.78, 5) is 0. The van der Waals surface area contributed by atoms with Crippen molar-refractivity contribution in [1.29, 1.82) is 0 Å². The Balaban J connectivity index is 4.55. The van der Waals surface area contributed by atoms with Crippen LogP contribution in [-0.2, 0) is 7.47 Å². The Labute approximate surface area is 132 Å². The van der Waals surface area contributed by atoms with Crippen LogP contribution >= 0.6 is 20.6 Å². The van der Waals surface area contributed by atoms with E-state index in [1.54, 1.807) is 26.4 Å². The van der Waals surface area contributed by atoms with E-state index in [1.165, 1.54) is 0 Å². The molecular weight excluding hydrogens is 371 g/mol. The molecule has 12 heteroatoms. The summed E-state index contributed by atoms with van der Waals surface area (Å²) < 4.78 is 73.3. The standard InChI is InChI=1S/C9H22Cl2O8S2/c1-5-20(3,18-10(12,13)14)8-7-9-21(4,6-2)19-11(15,16)17/h5-9H2,1-4H3. The minimum Gasteiger partial charge on any atom is -0.182 e. The highest BCUT2D eigenvalue weighted by molar-refractivity contribution is 8.30. The van der Waals surface area contributed by atoms with E-state index in [-0.39, 0.29) is 0 Å². The molecule has 0 aromatic carbocycles. The Hall–Kier alpha value is 0.960. The molecule has 0 aliphatic carbocycles. The first-order valence-electron chi connectivity index (χ1n) is 5.95. The fourth-order valence-electron chi connectivity index (χ4n) is 1.48.